The van der Waals surface area contributed by atoms with Crippen LogP contribution in [0.3, 0.4) is 0 Å². The first kappa shape index (κ1) is 22.1. The Morgan fingerprint density at radius 3 is 2.44 bits per heavy atom. The Balaban J connectivity index is 1.54. The van der Waals surface area contributed by atoms with E-state index >= 15 is 0 Å². The highest BCUT2D eigenvalue weighted by Gasteiger charge is 2.35. The standard InChI is InChI=1S/C24H21Cl2N3O3/c25-17-12-18(26)14-19(13-17)27-22(30)21-9-5-11-29(21)24(32)20-8-4-10-28(23(20)31)15-16-6-2-1-3-7-16/h1-4,6-8,10,12-14,21H,5,9,11,15H2,(H,27,30). The highest BCUT2D eigenvalue weighted by molar-refractivity contribution is 6.35. The molecule has 32 heavy (non-hydrogen) atoms. The van der Waals surface area contributed by atoms with Crippen LogP contribution in [0.15, 0.2) is 71.7 Å². The zero-order valence-corrected chi connectivity index (χ0v) is 18.6. The summed E-state index contributed by atoms with van der Waals surface area (Å²) in [4.78, 5) is 40.6. The lowest BCUT2D eigenvalue weighted by molar-refractivity contribution is -0.119. The molecule has 0 aliphatic carbocycles. The summed E-state index contributed by atoms with van der Waals surface area (Å²) in [6.07, 6.45) is 2.84. The molecule has 1 aliphatic rings. The van der Waals surface area contributed by atoms with Crippen molar-refractivity contribution < 1.29 is 9.59 Å². The number of carbonyl (C=O) groups excluding carboxylic acids is 2. The summed E-state index contributed by atoms with van der Waals surface area (Å²) in [5, 5.41) is 3.57. The van der Waals surface area contributed by atoms with Crippen LogP contribution < -0.4 is 10.9 Å². The van der Waals surface area contributed by atoms with Gasteiger partial charge in [0.05, 0.1) is 6.54 Å². The van der Waals surface area contributed by atoms with Crippen LogP contribution in [0.1, 0.15) is 28.8 Å². The molecule has 0 bridgehead atoms. The number of aromatic nitrogens is 1. The summed E-state index contributed by atoms with van der Waals surface area (Å²) in [5.74, 6) is -0.783. The van der Waals surface area contributed by atoms with Crippen LogP contribution in [-0.2, 0) is 11.3 Å². The van der Waals surface area contributed by atoms with Gasteiger partial charge in [0.1, 0.15) is 11.6 Å². The van der Waals surface area contributed by atoms with Crippen molar-refractivity contribution in [3.8, 4) is 0 Å². The number of carbonyl (C=O) groups is 2. The van der Waals surface area contributed by atoms with E-state index in [-0.39, 0.29) is 17.0 Å². The van der Waals surface area contributed by atoms with E-state index in [1.807, 2.05) is 30.3 Å². The van der Waals surface area contributed by atoms with Gasteiger partial charge in [0.25, 0.3) is 11.5 Å². The van der Waals surface area contributed by atoms with Crippen LogP contribution in [0, 0.1) is 0 Å². The number of hydrogen-bond donors (Lipinski definition) is 1. The van der Waals surface area contributed by atoms with Gasteiger partial charge in [-0.05, 0) is 48.7 Å². The van der Waals surface area contributed by atoms with Crippen molar-refractivity contribution in [3.05, 3.63) is 98.4 Å². The van der Waals surface area contributed by atoms with Gasteiger partial charge in [0.15, 0.2) is 0 Å². The van der Waals surface area contributed by atoms with E-state index in [4.69, 9.17) is 23.2 Å². The van der Waals surface area contributed by atoms with Crippen molar-refractivity contribution in [3.63, 3.8) is 0 Å². The monoisotopic (exact) mass is 469 g/mol. The Morgan fingerprint density at radius 1 is 1.00 bits per heavy atom. The topological polar surface area (TPSA) is 71.4 Å². The van der Waals surface area contributed by atoms with E-state index in [1.54, 1.807) is 30.5 Å². The number of pyridine rings is 1. The fourth-order valence-electron chi connectivity index (χ4n) is 3.89. The predicted molar refractivity (Wildman–Crippen MR) is 125 cm³/mol. The second kappa shape index (κ2) is 9.59. The van der Waals surface area contributed by atoms with Crippen molar-refractivity contribution in [2.24, 2.45) is 0 Å². The van der Waals surface area contributed by atoms with Crippen molar-refractivity contribution in [1.29, 1.82) is 0 Å². The van der Waals surface area contributed by atoms with Crippen LogP contribution in [-0.4, -0.2) is 33.9 Å². The molecule has 2 heterocycles. The molecule has 2 amide bonds. The Bertz CT molecular complexity index is 1190. The van der Waals surface area contributed by atoms with E-state index in [0.717, 1.165) is 5.56 Å². The third-order valence-electron chi connectivity index (χ3n) is 5.39. The normalized spacial score (nSPS) is 15.6. The van der Waals surface area contributed by atoms with Crippen LogP contribution in [0.5, 0.6) is 0 Å². The number of benzene rings is 2. The van der Waals surface area contributed by atoms with Gasteiger partial charge in [-0.2, -0.15) is 0 Å². The summed E-state index contributed by atoms with van der Waals surface area (Å²) in [6, 6.07) is 16.8. The zero-order valence-electron chi connectivity index (χ0n) is 17.1. The summed E-state index contributed by atoms with van der Waals surface area (Å²) in [5.41, 5.74) is 1.08. The Kier molecular flexibility index (Phi) is 6.63. The first-order valence-corrected chi connectivity index (χ1v) is 11.0. The second-order valence-electron chi connectivity index (χ2n) is 7.64. The maximum Gasteiger partial charge on any atom is 0.263 e. The molecular weight excluding hydrogens is 449 g/mol. The lowest BCUT2D eigenvalue weighted by atomic mass is 10.1. The molecule has 2 aromatic carbocycles. The molecule has 8 heteroatoms. The van der Waals surface area contributed by atoms with Gasteiger partial charge >= 0.3 is 0 Å². The average molecular weight is 470 g/mol. The Labute approximate surface area is 195 Å². The predicted octanol–water partition coefficient (Wildman–Crippen LogP) is 4.45. The zero-order chi connectivity index (χ0) is 22.7. The maximum atomic E-state index is 13.2. The van der Waals surface area contributed by atoms with Crippen molar-refractivity contribution in [2.45, 2.75) is 25.4 Å². The lowest BCUT2D eigenvalue weighted by Gasteiger charge is -2.24. The van der Waals surface area contributed by atoms with E-state index in [0.29, 0.717) is 41.7 Å². The molecule has 0 spiro atoms. The molecule has 1 saturated heterocycles. The van der Waals surface area contributed by atoms with Gasteiger partial charge in [0, 0.05) is 28.5 Å². The molecule has 6 nitrogen and oxygen atoms in total. The molecule has 1 fully saturated rings. The SMILES string of the molecule is O=C(Nc1cc(Cl)cc(Cl)c1)C1CCCN1C(=O)c1cccn(Cc2ccccc2)c1=O. The highest BCUT2D eigenvalue weighted by atomic mass is 35.5. The van der Waals surface area contributed by atoms with E-state index < -0.39 is 11.9 Å². The van der Waals surface area contributed by atoms with E-state index in [9.17, 15) is 14.4 Å². The fourth-order valence-corrected chi connectivity index (χ4v) is 4.42. The van der Waals surface area contributed by atoms with Crippen molar-refractivity contribution in [1.82, 2.24) is 9.47 Å². The smallest absolute Gasteiger partial charge is 0.263 e. The first-order valence-electron chi connectivity index (χ1n) is 10.2. The van der Waals surface area contributed by atoms with Gasteiger partial charge in [-0.25, -0.2) is 0 Å². The minimum Gasteiger partial charge on any atom is -0.326 e. The van der Waals surface area contributed by atoms with Crippen LogP contribution >= 0.6 is 23.2 Å². The van der Waals surface area contributed by atoms with Crippen LogP contribution in [0.25, 0.3) is 0 Å². The summed E-state index contributed by atoms with van der Waals surface area (Å²) < 4.78 is 1.50. The highest BCUT2D eigenvalue weighted by Crippen LogP contribution is 2.25. The lowest BCUT2D eigenvalue weighted by Crippen LogP contribution is -2.45. The summed E-state index contributed by atoms with van der Waals surface area (Å²) in [6.45, 7) is 0.764. The number of nitrogens with one attached hydrogen (secondary N) is 1. The van der Waals surface area contributed by atoms with Crippen LogP contribution in [0.4, 0.5) is 5.69 Å². The molecule has 1 aromatic heterocycles. The number of likely N-dealkylation sites (tertiary alicyclic amines) is 1. The number of halogens is 2. The Morgan fingerprint density at radius 2 is 1.72 bits per heavy atom. The maximum absolute atomic E-state index is 13.2. The minimum atomic E-state index is -0.678. The van der Waals surface area contributed by atoms with Gasteiger partial charge in [-0.15, -0.1) is 0 Å². The molecule has 3 aromatic rings. The molecule has 0 saturated carbocycles. The van der Waals surface area contributed by atoms with Crippen LogP contribution in [0.2, 0.25) is 10.0 Å². The van der Waals surface area contributed by atoms with Gasteiger partial charge in [-0.3, -0.25) is 14.4 Å². The van der Waals surface area contributed by atoms with E-state index in [1.165, 1.54) is 15.5 Å². The number of rotatable bonds is 5. The molecule has 1 atom stereocenters. The van der Waals surface area contributed by atoms with Gasteiger partial charge in [0.2, 0.25) is 5.91 Å². The van der Waals surface area contributed by atoms with Gasteiger partial charge in [-0.1, -0.05) is 53.5 Å². The molecule has 1 N–H and O–H groups in total. The largest absolute Gasteiger partial charge is 0.326 e. The summed E-state index contributed by atoms with van der Waals surface area (Å²) in [7, 11) is 0. The number of nitrogens with zero attached hydrogens (tertiary/aromatic N) is 2. The molecule has 1 aliphatic heterocycles. The third kappa shape index (κ3) is 4.87. The molecule has 0 radical (unpaired) electrons. The Hall–Kier alpha value is -3.09. The summed E-state index contributed by atoms with van der Waals surface area (Å²) >= 11 is 12.0. The fraction of sp³-hybridized carbons (Fsp3) is 0.208. The van der Waals surface area contributed by atoms with Crippen molar-refractivity contribution >= 4 is 40.7 Å². The molecule has 4 rings (SSSR count). The third-order valence-corrected chi connectivity index (χ3v) is 5.83. The minimum absolute atomic E-state index is 0.0499. The molecule has 164 valence electrons. The number of anilines is 1. The number of amides is 2. The van der Waals surface area contributed by atoms with Crippen molar-refractivity contribution in [2.75, 3.05) is 11.9 Å². The van der Waals surface area contributed by atoms with Gasteiger partial charge < -0.3 is 14.8 Å². The number of hydrogen-bond acceptors (Lipinski definition) is 3. The van der Waals surface area contributed by atoms with E-state index in [2.05, 4.69) is 5.32 Å². The molecule has 1 unspecified atom stereocenters. The molecular formula is C24H21Cl2N3O3. The first-order chi connectivity index (χ1) is 15.4. The average Bonchev–Trinajstić information content (AvgIpc) is 3.25. The quantitative estimate of drug-likeness (QED) is 0.599. The second-order valence-corrected chi connectivity index (χ2v) is 8.52.